The van der Waals surface area contributed by atoms with Crippen LogP contribution in [0.25, 0.3) is 0 Å². The lowest BCUT2D eigenvalue weighted by Gasteiger charge is -2.10. The van der Waals surface area contributed by atoms with Crippen LogP contribution in [0, 0.1) is 0 Å². The van der Waals surface area contributed by atoms with Crippen molar-refractivity contribution in [2.75, 3.05) is 18.7 Å². The van der Waals surface area contributed by atoms with Gasteiger partial charge in [-0.25, -0.2) is 4.79 Å². The van der Waals surface area contributed by atoms with Gasteiger partial charge in [0.25, 0.3) is 0 Å². The number of amides is 2. The van der Waals surface area contributed by atoms with Gasteiger partial charge in [0.05, 0.1) is 6.61 Å². The highest BCUT2D eigenvalue weighted by Gasteiger charge is 2.03. The van der Waals surface area contributed by atoms with Crippen LogP contribution < -0.4 is 20.1 Å². The minimum absolute atomic E-state index is 0.0187. The maximum Gasteiger partial charge on any atom is 0.321 e. The van der Waals surface area contributed by atoms with Crippen LogP contribution in [0.2, 0.25) is 0 Å². The Morgan fingerprint density at radius 2 is 1.50 bits per heavy atom. The summed E-state index contributed by atoms with van der Waals surface area (Å²) in [5.74, 6) is 1.38. The second-order valence-corrected chi connectivity index (χ2v) is 4.96. The lowest BCUT2D eigenvalue weighted by atomic mass is 10.1. The Morgan fingerprint density at radius 1 is 0.917 bits per heavy atom. The lowest BCUT2D eigenvalue weighted by molar-refractivity contribution is 0.101. The molecule has 0 saturated heterocycles. The molecule has 0 aromatic heterocycles. The molecule has 2 aromatic rings. The van der Waals surface area contributed by atoms with E-state index in [2.05, 4.69) is 10.6 Å². The minimum atomic E-state index is -0.392. The molecule has 0 bridgehead atoms. The summed E-state index contributed by atoms with van der Waals surface area (Å²) in [5, 5.41) is 5.25. The maximum atomic E-state index is 11.8. The average molecular weight is 328 g/mol. The van der Waals surface area contributed by atoms with Gasteiger partial charge in [-0.15, -0.1) is 0 Å². The number of ketones is 1. The van der Waals surface area contributed by atoms with Crippen LogP contribution >= 0.6 is 0 Å². The Balaban J connectivity index is 1.75. The SMILES string of the molecule is CCOc1ccc(OCNC(=O)Nc2ccc(C(C)=O)cc2)cc1. The van der Waals surface area contributed by atoms with Crippen molar-refractivity contribution in [2.24, 2.45) is 0 Å². The van der Waals surface area contributed by atoms with Gasteiger partial charge in [0.1, 0.15) is 11.5 Å². The van der Waals surface area contributed by atoms with Crippen molar-refractivity contribution in [3.05, 3.63) is 54.1 Å². The monoisotopic (exact) mass is 328 g/mol. The summed E-state index contributed by atoms with van der Waals surface area (Å²) in [6.45, 7) is 4.05. The second-order valence-electron chi connectivity index (χ2n) is 4.96. The summed E-state index contributed by atoms with van der Waals surface area (Å²) in [5.41, 5.74) is 1.19. The first-order valence-electron chi connectivity index (χ1n) is 7.60. The number of ether oxygens (including phenoxy) is 2. The first-order valence-corrected chi connectivity index (χ1v) is 7.60. The molecule has 2 rings (SSSR count). The smallest absolute Gasteiger partial charge is 0.321 e. The third-order valence-electron chi connectivity index (χ3n) is 3.16. The summed E-state index contributed by atoms with van der Waals surface area (Å²) in [4.78, 5) is 23.0. The van der Waals surface area contributed by atoms with E-state index in [1.54, 1.807) is 48.5 Å². The molecule has 2 aromatic carbocycles. The zero-order chi connectivity index (χ0) is 17.4. The molecule has 6 nitrogen and oxygen atoms in total. The predicted molar refractivity (Wildman–Crippen MR) is 91.7 cm³/mol. The van der Waals surface area contributed by atoms with Gasteiger partial charge in [-0.1, -0.05) is 0 Å². The van der Waals surface area contributed by atoms with Crippen molar-refractivity contribution in [3.8, 4) is 11.5 Å². The van der Waals surface area contributed by atoms with E-state index in [1.807, 2.05) is 6.92 Å². The molecule has 0 radical (unpaired) electrons. The molecule has 0 fully saturated rings. The van der Waals surface area contributed by atoms with E-state index < -0.39 is 6.03 Å². The summed E-state index contributed by atoms with van der Waals surface area (Å²) in [7, 11) is 0. The van der Waals surface area contributed by atoms with E-state index in [4.69, 9.17) is 9.47 Å². The fourth-order valence-corrected chi connectivity index (χ4v) is 1.95. The van der Waals surface area contributed by atoms with E-state index in [0.29, 0.717) is 23.6 Å². The summed E-state index contributed by atoms with van der Waals surface area (Å²) in [6.07, 6.45) is 0. The molecule has 0 unspecified atom stereocenters. The molecule has 0 aliphatic rings. The van der Waals surface area contributed by atoms with Gasteiger partial charge in [0.15, 0.2) is 12.5 Å². The molecule has 24 heavy (non-hydrogen) atoms. The van der Waals surface area contributed by atoms with E-state index in [9.17, 15) is 9.59 Å². The molecule has 126 valence electrons. The van der Waals surface area contributed by atoms with Crippen molar-refractivity contribution in [1.82, 2.24) is 5.32 Å². The topological polar surface area (TPSA) is 76.7 Å². The van der Waals surface area contributed by atoms with Crippen LogP contribution in [0.4, 0.5) is 10.5 Å². The Morgan fingerprint density at radius 3 is 2.04 bits per heavy atom. The fourth-order valence-electron chi connectivity index (χ4n) is 1.95. The third-order valence-corrected chi connectivity index (χ3v) is 3.16. The minimum Gasteiger partial charge on any atom is -0.494 e. The Hall–Kier alpha value is -3.02. The van der Waals surface area contributed by atoms with Crippen molar-refractivity contribution in [2.45, 2.75) is 13.8 Å². The number of Topliss-reactive ketones (excluding diaryl/α,β-unsaturated/α-hetero) is 1. The first-order chi connectivity index (χ1) is 11.6. The number of hydrogen-bond acceptors (Lipinski definition) is 4. The van der Waals surface area contributed by atoms with Gasteiger partial charge in [0, 0.05) is 11.3 Å². The van der Waals surface area contributed by atoms with Crippen LogP contribution in [0.15, 0.2) is 48.5 Å². The Kier molecular flexibility index (Phi) is 6.19. The molecular weight excluding hydrogens is 308 g/mol. The normalized spacial score (nSPS) is 9.92. The quantitative estimate of drug-likeness (QED) is 0.603. The number of carbonyl (C=O) groups is 2. The zero-order valence-corrected chi connectivity index (χ0v) is 13.7. The van der Waals surface area contributed by atoms with Crippen LogP contribution in [-0.4, -0.2) is 25.2 Å². The van der Waals surface area contributed by atoms with E-state index >= 15 is 0 Å². The van der Waals surface area contributed by atoms with E-state index in [0.717, 1.165) is 5.75 Å². The highest BCUT2D eigenvalue weighted by Crippen LogP contribution is 2.17. The largest absolute Gasteiger partial charge is 0.494 e. The highest BCUT2D eigenvalue weighted by molar-refractivity contribution is 5.95. The lowest BCUT2D eigenvalue weighted by Crippen LogP contribution is -2.32. The molecule has 2 N–H and O–H groups in total. The van der Waals surface area contributed by atoms with E-state index in [-0.39, 0.29) is 12.5 Å². The standard InChI is InChI=1S/C18H20N2O4/c1-3-23-16-8-10-17(11-9-16)24-12-19-18(22)20-15-6-4-14(5-7-15)13(2)21/h4-11H,3,12H2,1-2H3,(H2,19,20,22). The van der Waals surface area contributed by atoms with Gasteiger partial charge in [-0.3, -0.25) is 4.79 Å². The molecular formula is C18H20N2O4. The molecule has 6 heteroatoms. The van der Waals surface area contributed by atoms with Crippen molar-refractivity contribution in [3.63, 3.8) is 0 Å². The van der Waals surface area contributed by atoms with Gasteiger partial charge in [0.2, 0.25) is 0 Å². The Bertz CT molecular complexity index is 681. The first kappa shape index (κ1) is 17.3. The molecule has 0 heterocycles. The van der Waals surface area contributed by atoms with Crippen molar-refractivity contribution >= 4 is 17.5 Å². The van der Waals surface area contributed by atoms with Gasteiger partial charge >= 0.3 is 6.03 Å². The molecule has 0 atom stereocenters. The summed E-state index contributed by atoms with van der Waals surface area (Å²) in [6, 6.07) is 13.4. The molecule has 0 saturated carbocycles. The fraction of sp³-hybridized carbons (Fsp3) is 0.222. The van der Waals surface area contributed by atoms with Gasteiger partial charge < -0.3 is 20.1 Å². The number of rotatable bonds is 7. The number of benzene rings is 2. The number of urea groups is 1. The summed E-state index contributed by atoms with van der Waals surface area (Å²) < 4.78 is 10.8. The average Bonchev–Trinajstić information content (AvgIpc) is 2.57. The van der Waals surface area contributed by atoms with Crippen LogP contribution in [-0.2, 0) is 0 Å². The van der Waals surface area contributed by atoms with Crippen LogP contribution in [0.1, 0.15) is 24.2 Å². The predicted octanol–water partition coefficient (Wildman–Crippen LogP) is 3.45. The third kappa shape index (κ3) is 5.31. The zero-order valence-electron chi connectivity index (χ0n) is 13.7. The maximum absolute atomic E-state index is 11.8. The number of hydrogen-bond donors (Lipinski definition) is 2. The van der Waals surface area contributed by atoms with Crippen molar-refractivity contribution in [1.29, 1.82) is 0 Å². The van der Waals surface area contributed by atoms with Gasteiger partial charge in [-0.05, 0) is 62.4 Å². The summed E-state index contributed by atoms with van der Waals surface area (Å²) >= 11 is 0. The second kappa shape index (κ2) is 8.57. The number of carbonyl (C=O) groups excluding carboxylic acids is 2. The van der Waals surface area contributed by atoms with E-state index in [1.165, 1.54) is 6.92 Å². The van der Waals surface area contributed by atoms with Crippen LogP contribution in [0.3, 0.4) is 0 Å². The van der Waals surface area contributed by atoms with Crippen molar-refractivity contribution < 1.29 is 19.1 Å². The highest BCUT2D eigenvalue weighted by atomic mass is 16.5. The Labute approximate surface area is 140 Å². The molecule has 0 aliphatic carbocycles. The molecule has 0 spiro atoms. The van der Waals surface area contributed by atoms with Crippen LogP contribution in [0.5, 0.6) is 11.5 Å². The number of anilines is 1. The van der Waals surface area contributed by atoms with Gasteiger partial charge in [-0.2, -0.15) is 0 Å². The number of nitrogens with one attached hydrogen (secondary N) is 2. The molecule has 2 amide bonds. The molecule has 0 aliphatic heterocycles.